The van der Waals surface area contributed by atoms with Gasteiger partial charge in [0.1, 0.15) is 5.65 Å². The molecule has 5 nitrogen and oxygen atoms in total. The van der Waals surface area contributed by atoms with E-state index in [9.17, 15) is 4.79 Å². The van der Waals surface area contributed by atoms with Gasteiger partial charge >= 0.3 is 0 Å². The molecule has 0 aliphatic carbocycles. The third kappa shape index (κ3) is 3.74. The molecule has 0 unspecified atom stereocenters. The van der Waals surface area contributed by atoms with Gasteiger partial charge in [-0.15, -0.1) is 0 Å². The highest BCUT2D eigenvalue weighted by molar-refractivity contribution is 6.94. The van der Waals surface area contributed by atoms with Gasteiger partial charge in [0.15, 0.2) is 0 Å². The standard InChI is InChI=1S/C19H15ClN4OS.ClH/c1-11-3-6-13(7-4-11)17-14(9-15(25)18-19(20)23-26-22-18)24-10-12(2)5-8-16(24)21-17;/h3-8,10H,9H2,1-2H3;1H. The van der Waals surface area contributed by atoms with Crippen molar-refractivity contribution in [1.29, 1.82) is 0 Å². The lowest BCUT2D eigenvalue weighted by Gasteiger charge is -2.05. The van der Waals surface area contributed by atoms with Crippen LogP contribution in [0.5, 0.6) is 0 Å². The van der Waals surface area contributed by atoms with Gasteiger partial charge in [0.05, 0.1) is 17.8 Å². The molecule has 0 radical (unpaired) electrons. The zero-order valence-electron chi connectivity index (χ0n) is 14.7. The van der Waals surface area contributed by atoms with E-state index in [0.717, 1.165) is 39.9 Å². The van der Waals surface area contributed by atoms with Crippen molar-refractivity contribution in [1.82, 2.24) is 13.8 Å². The zero-order valence-corrected chi connectivity index (χ0v) is 17.0. The number of nitrogens with zero attached hydrogens (tertiary/aromatic N) is 3. The summed E-state index contributed by atoms with van der Waals surface area (Å²) in [7, 11) is 0. The normalized spacial score (nSPS) is 10.8. The molecule has 0 bridgehead atoms. The van der Waals surface area contributed by atoms with Crippen LogP contribution in [0.4, 0.5) is 0 Å². The van der Waals surface area contributed by atoms with Gasteiger partial charge in [-0.2, -0.15) is 4.37 Å². The lowest BCUT2D eigenvalue weighted by Crippen LogP contribution is -3.00. The van der Waals surface area contributed by atoms with Gasteiger partial charge in [0.25, 0.3) is 22.6 Å². The summed E-state index contributed by atoms with van der Waals surface area (Å²) in [4.78, 5) is 17.5. The number of nitrogens with one attached hydrogen (secondary N) is 1. The number of pyridine rings is 1. The molecule has 0 spiro atoms. The molecule has 0 atom stereocenters. The van der Waals surface area contributed by atoms with E-state index >= 15 is 0 Å². The number of carbonyl (C=O) groups is 1. The van der Waals surface area contributed by atoms with Crippen LogP contribution in [0.15, 0.2) is 42.6 Å². The summed E-state index contributed by atoms with van der Waals surface area (Å²) in [6, 6.07) is 12.1. The van der Waals surface area contributed by atoms with E-state index in [1.807, 2.05) is 60.8 Å². The van der Waals surface area contributed by atoms with Crippen molar-refractivity contribution in [3.8, 4) is 11.3 Å². The lowest BCUT2D eigenvalue weighted by molar-refractivity contribution is -0.287. The molecule has 0 aliphatic heterocycles. The van der Waals surface area contributed by atoms with Crippen molar-refractivity contribution >= 4 is 34.8 Å². The van der Waals surface area contributed by atoms with E-state index in [1.54, 1.807) is 0 Å². The first-order chi connectivity index (χ1) is 12.5. The van der Waals surface area contributed by atoms with E-state index in [1.165, 1.54) is 5.56 Å². The average Bonchev–Trinajstić information content (AvgIpc) is 3.20. The number of hydrogen-bond acceptors (Lipinski definition) is 4. The number of aryl methyl sites for hydroxylation is 2. The summed E-state index contributed by atoms with van der Waals surface area (Å²) in [6.07, 6.45) is 2.17. The molecule has 3 aromatic heterocycles. The smallest absolute Gasteiger partial charge is 0.292 e. The van der Waals surface area contributed by atoms with Crippen LogP contribution < -0.4 is 16.8 Å². The number of rotatable bonds is 4. The molecule has 1 aromatic carbocycles. The zero-order chi connectivity index (χ0) is 18.3. The van der Waals surface area contributed by atoms with Crippen LogP contribution in [0.3, 0.4) is 0 Å². The number of aromatic nitrogens is 4. The maximum absolute atomic E-state index is 12.8. The number of Topliss-reactive ketones (excluding diaryl/α,β-unsaturated/α-hetero) is 1. The number of imidazole rings is 1. The van der Waals surface area contributed by atoms with E-state index in [2.05, 4.69) is 8.75 Å². The first kappa shape index (κ1) is 19.5. The Morgan fingerprint density at radius 3 is 2.52 bits per heavy atom. The second-order valence-corrected chi connectivity index (χ2v) is 7.20. The van der Waals surface area contributed by atoms with Gasteiger partial charge < -0.3 is 16.8 Å². The minimum Gasteiger partial charge on any atom is -1.00 e. The van der Waals surface area contributed by atoms with Gasteiger partial charge in [0.2, 0.25) is 5.78 Å². The van der Waals surface area contributed by atoms with Crippen molar-refractivity contribution < 1.29 is 21.6 Å². The van der Waals surface area contributed by atoms with Crippen molar-refractivity contribution in [2.75, 3.05) is 0 Å². The number of fused-ring (bicyclic) bond motifs is 1. The first-order valence-corrected chi connectivity index (χ1v) is 9.29. The molecule has 8 heteroatoms. The topological polar surface area (TPSA) is 61.4 Å². The molecule has 4 aromatic rings. The van der Waals surface area contributed by atoms with Crippen LogP contribution in [-0.2, 0) is 6.42 Å². The van der Waals surface area contributed by atoms with Gasteiger partial charge in [-0.05, 0) is 37.1 Å². The largest absolute Gasteiger partial charge is 1.00 e. The predicted octanol–water partition coefficient (Wildman–Crippen LogP) is 0.972. The summed E-state index contributed by atoms with van der Waals surface area (Å²) in [6.45, 7) is 4.06. The number of halogens is 2. The minimum absolute atomic E-state index is 0. The van der Waals surface area contributed by atoms with E-state index in [-0.39, 0.29) is 35.5 Å². The molecule has 4 rings (SSSR count). The average molecular weight is 419 g/mol. The second kappa shape index (κ2) is 7.76. The van der Waals surface area contributed by atoms with E-state index in [4.69, 9.17) is 16.6 Å². The fourth-order valence-electron chi connectivity index (χ4n) is 2.92. The summed E-state index contributed by atoms with van der Waals surface area (Å²) >= 11 is 7.11. The summed E-state index contributed by atoms with van der Waals surface area (Å²) in [5.74, 6) is -0.135. The van der Waals surface area contributed by atoms with Crippen LogP contribution in [-0.4, -0.2) is 19.5 Å². The predicted molar refractivity (Wildman–Crippen MR) is 102 cm³/mol. The van der Waals surface area contributed by atoms with Crippen LogP contribution in [0.25, 0.3) is 16.9 Å². The van der Waals surface area contributed by atoms with Crippen LogP contribution in [0.2, 0.25) is 5.15 Å². The molecular formula is C19H16Cl2N4OS. The Hall–Kier alpha value is -2.28. The van der Waals surface area contributed by atoms with Crippen LogP contribution in [0, 0.1) is 13.8 Å². The van der Waals surface area contributed by atoms with Gasteiger partial charge in [-0.3, -0.25) is 4.79 Å². The summed E-state index contributed by atoms with van der Waals surface area (Å²) in [5, 5.41) is 0.280. The molecule has 27 heavy (non-hydrogen) atoms. The maximum Gasteiger partial charge on any atom is 0.292 e. The fourth-order valence-corrected chi connectivity index (χ4v) is 3.73. The number of benzene rings is 1. The molecule has 138 valence electrons. The molecule has 0 saturated heterocycles. The summed E-state index contributed by atoms with van der Waals surface area (Å²) < 4.78 is 8.84. The highest BCUT2D eigenvalue weighted by Crippen LogP contribution is 2.27. The van der Waals surface area contributed by atoms with Gasteiger partial charge in [0, 0.05) is 16.1 Å². The maximum atomic E-state index is 12.8. The molecule has 0 aliphatic rings. The van der Waals surface area contributed by atoms with E-state index in [0.29, 0.717) is 0 Å². The fraction of sp³-hybridized carbons (Fsp3) is 0.158. The van der Waals surface area contributed by atoms with Crippen molar-refractivity contribution in [3.63, 3.8) is 0 Å². The second-order valence-electron chi connectivity index (χ2n) is 6.25. The quantitative estimate of drug-likeness (QED) is 0.464. The molecule has 1 N–H and O–H groups in total. The third-order valence-corrected chi connectivity index (χ3v) is 5.22. The van der Waals surface area contributed by atoms with Crippen molar-refractivity contribution in [3.05, 3.63) is 70.3 Å². The highest BCUT2D eigenvalue weighted by Gasteiger charge is 2.26. The minimum atomic E-state index is -0.135. The highest BCUT2D eigenvalue weighted by atomic mass is 35.5. The van der Waals surface area contributed by atoms with Crippen molar-refractivity contribution in [2.24, 2.45) is 0 Å². The van der Waals surface area contributed by atoms with Crippen LogP contribution >= 0.6 is 23.3 Å². The Morgan fingerprint density at radius 2 is 1.85 bits per heavy atom. The number of aromatic amines is 1. The van der Waals surface area contributed by atoms with Crippen LogP contribution in [0.1, 0.15) is 27.3 Å². The Kier molecular flexibility index (Phi) is 5.60. The Bertz CT molecular complexity index is 1120. The SMILES string of the molecule is Cc1ccc(-c2nc3ccc(C)cn3c2CC(=O)c2ns[nH+]c2Cl)cc1.[Cl-]. The first-order valence-electron chi connectivity index (χ1n) is 8.13. The van der Waals surface area contributed by atoms with Gasteiger partial charge in [-0.1, -0.05) is 35.9 Å². The number of ketones is 1. The molecule has 0 fully saturated rings. The molecular weight excluding hydrogens is 403 g/mol. The lowest BCUT2D eigenvalue weighted by atomic mass is 10.0. The molecule has 3 heterocycles. The molecule has 0 amide bonds. The van der Waals surface area contributed by atoms with E-state index < -0.39 is 0 Å². The Morgan fingerprint density at radius 1 is 1.15 bits per heavy atom. The number of hydrogen-bond donors (Lipinski definition) is 0. The van der Waals surface area contributed by atoms with Crippen molar-refractivity contribution in [2.45, 2.75) is 20.3 Å². The van der Waals surface area contributed by atoms with Gasteiger partial charge in [-0.25, -0.2) is 4.98 Å². The molecule has 0 saturated carbocycles. The summed E-state index contributed by atoms with van der Waals surface area (Å²) in [5.41, 5.74) is 5.98. The Labute approximate surface area is 171 Å². The Balaban J connectivity index is 0.00000210. The number of carbonyl (C=O) groups excluding carboxylic acids is 1. The number of H-pyrrole nitrogens is 1. The monoisotopic (exact) mass is 418 g/mol. The third-order valence-electron chi connectivity index (χ3n) is 4.26.